The van der Waals surface area contributed by atoms with Gasteiger partial charge in [-0.1, -0.05) is 94.0 Å². The van der Waals surface area contributed by atoms with Crippen molar-refractivity contribution in [3.63, 3.8) is 0 Å². The lowest BCUT2D eigenvalue weighted by molar-refractivity contribution is 0.388. The van der Waals surface area contributed by atoms with Crippen LogP contribution in [0.5, 0.6) is 17.2 Å². The Labute approximate surface area is 188 Å². The van der Waals surface area contributed by atoms with Gasteiger partial charge < -0.3 is 13.6 Å². The van der Waals surface area contributed by atoms with Gasteiger partial charge >= 0.3 is 8.60 Å². The van der Waals surface area contributed by atoms with E-state index in [1.54, 1.807) is 0 Å². The van der Waals surface area contributed by atoms with Gasteiger partial charge in [-0.25, -0.2) is 0 Å². The first-order valence-electron chi connectivity index (χ1n) is 11.4. The normalized spacial score (nSPS) is 10.8. The van der Waals surface area contributed by atoms with Gasteiger partial charge in [-0.2, -0.15) is 0 Å². The number of benzene rings is 3. The molecule has 0 aliphatic rings. The lowest BCUT2D eigenvalue weighted by Gasteiger charge is -2.18. The SMILES string of the molecule is CCCCCCCCCc1cccc(OP(Oc2ccccc2)Oc2ccccc2)c1. The molecule has 0 spiro atoms. The first-order valence-corrected chi connectivity index (χ1v) is 12.5. The fourth-order valence-corrected chi connectivity index (χ4v) is 4.31. The zero-order chi connectivity index (χ0) is 21.6. The van der Waals surface area contributed by atoms with Gasteiger partial charge in [0.2, 0.25) is 0 Å². The summed E-state index contributed by atoms with van der Waals surface area (Å²) >= 11 is 0. The summed E-state index contributed by atoms with van der Waals surface area (Å²) in [4.78, 5) is 0. The Kier molecular flexibility index (Phi) is 10.3. The van der Waals surface area contributed by atoms with Crippen LogP contribution in [-0.4, -0.2) is 0 Å². The molecule has 31 heavy (non-hydrogen) atoms. The monoisotopic (exact) mass is 436 g/mol. The van der Waals surface area contributed by atoms with Crippen LogP contribution in [0.2, 0.25) is 0 Å². The molecule has 0 radical (unpaired) electrons. The maximum atomic E-state index is 6.16. The molecule has 0 N–H and O–H groups in total. The van der Waals surface area contributed by atoms with Gasteiger partial charge in [-0.15, -0.1) is 0 Å². The van der Waals surface area contributed by atoms with Crippen molar-refractivity contribution >= 4 is 8.60 Å². The van der Waals surface area contributed by atoms with E-state index in [9.17, 15) is 0 Å². The maximum Gasteiger partial charge on any atom is 0.530 e. The van der Waals surface area contributed by atoms with Gasteiger partial charge in [-0.05, 0) is 54.8 Å². The summed E-state index contributed by atoms with van der Waals surface area (Å²) in [5.74, 6) is 2.23. The molecule has 0 saturated carbocycles. The summed E-state index contributed by atoms with van der Waals surface area (Å²) < 4.78 is 18.2. The highest BCUT2D eigenvalue weighted by Gasteiger charge is 2.19. The molecule has 0 aromatic heterocycles. The topological polar surface area (TPSA) is 27.7 Å². The first kappa shape index (κ1) is 23.2. The molecule has 0 heterocycles. The van der Waals surface area contributed by atoms with Crippen LogP contribution in [0, 0.1) is 0 Å². The van der Waals surface area contributed by atoms with Crippen molar-refractivity contribution in [3.05, 3.63) is 90.5 Å². The minimum absolute atomic E-state index is 0.726. The van der Waals surface area contributed by atoms with Gasteiger partial charge in [0, 0.05) is 0 Å². The van der Waals surface area contributed by atoms with Crippen LogP contribution in [-0.2, 0) is 6.42 Å². The van der Waals surface area contributed by atoms with Crippen LogP contribution in [0.25, 0.3) is 0 Å². The molecular weight excluding hydrogens is 403 g/mol. The molecule has 0 aliphatic carbocycles. The van der Waals surface area contributed by atoms with Crippen molar-refractivity contribution in [1.82, 2.24) is 0 Å². The highest BCUT2D eigenvalue weighted by molar-refractivity contribution is 7.43. The summed E-state index contributed by atoms with van der Waals surface area (Å²) in [6.07, 6.45) is 10.3. The van der Waals surface area contributed by atoms with E-state index in [2.05, 4.69) is 19.1 Å². The van der Waals surface area contributed by atoms with Crippen LogP contribution in [0.4, 0.5) is 0 Å². The Morgan fingerprint density at radius 2 is 1.06 bits per heavy atom. The van der Waals surface area contributed by atoms with Crippen LogP contribution < -0.4 is 13.6 Å². The molecule has 164 valence electrons. The van der Waals surface area contributed by atoms with Gasteiger partial charge in [0.25, 0.3) is 0 Å². The average Bonchev–Trinajstić information content (AvgIpc) is 2.80. The second kappa shape index (κ2) is 13.7. The molecule has 0 fully saturated rings. The Hall–Kier alpha value is -2.51. The zero-order valence-electron chi connectivity index (χ0n) is 18.4. The van der Waals surface area contributed by atoms with Crippen molar-refractivity contribution in [2.45, 2.75) is 58.3 Å². The Morgan fingerprint density at radius 3 is 1.68 bits per heavy atom. The van der Waals surface area contributed by atoms with Crippen LogP contribution >= 0.6 is 8.60 Å². The number of hydrogen-bond acceptors (Lipinski definition) is 3. The summed E-state index contributed by atoms with van der Waals surface area (Å²) in [7, 11) is -1.63. The highest BCUT2D eigenvalue weighted by atomic mass is 31.2. The van der Waals surface area contributed by atoms with E-state index in [1.807, 2.05) is 72.8 Å². The Bertz CT molecular complexity index is 813. The quantitative estimate of drug-likeness (QED) is 0.187. The van der Waals surface area contributed by atoms with E-state index < -0.39 is 8.60 Å². The third-order valence-corrected chi connectivity index (χ3v) is 6.07. The summed E-state index contributed by atoms with van der Waals surface area (Å²) in [6, 6.07) is 27.6. The van der Waals surface area contributed by atoms with Gasteiger partial charge in [0.05, 0.1) is 0 Å². The van der Waals surface area contributed by atoms with E-state index in [0.717, 1.165) is 23.7 Å². The minimum Gasteiger partial charge on any atom is -0.409 e. The van der Waals surface area contributed by atoms with Crippen molar-refractivity contribution in [2.24, 2.45) is 0 Å². The molecule has 3 rings (SSSR count). The lowest BCUT2D eigenvalue weighted by Crippen LogP contribution is -2.02. The maximum absolute atomic E-state index is 6.16. The van der Waals surface area contributed by atoms with Crippen molar-refractivity contribution in [2.75, 3.05) is 0 Å². The van der Waals surface area contributed by atoms with Crippen LogP contribution in [0.15, 0.2) is 84.9 Å². The van der Waals surface area contributed by atoms with E-state index in [0.29, 0.717) is 0 Å². The van der Waals surface area contributed by atoms with Gasteiger partial charge in [0.1, 0.15) is 17.2 Å². The third-order valence-electron chi connectivity index (χ3n) is 4.99. The van der Waals surface area contributed by atoms with E-state index in [1.165, 1.54) is 50.5 Å². The van der Waals surface area contributed by atoms with Gasteiger partial charge in [0.15, 0.2) is 0 Å². The fourth-order valence-electron chi connectivity index (χ4n) is 3.32. The first-order chi connectivity index (χ1) is 15.3. The highest BCUT2D eigenvalue weighted by Crippen LogP contribution is 2.42. The molecule has 3 nitrogen and oxygen atoms in total. The summed E-state index contributed by atoms with van der Waals surface area (Å²) in [6.45, 7) is 2.26. The molecule has 0 atom stereocenters. The molecule has 4 heteroatoms. The number of aryl methyl sites for hydroxylation is 1. The fraction of sp³-hybridized carbons (Fsp3) is 0.333. The minimum atomic E-state index is -1.63. The molecule has 0 aliphatic heterocycles. The number of hydrogen-bond donors (Lipinski definition) is 0. The van der Waals surface area contributed by atoms with Crippen molar-refractivity contribution in [3.8, 4) is 17.2 Å². The Balaban J connectivity index is 1.56. The number of unbranched alkanes of at least 4 members (excludes halogenated alkanes) is 6. The smallest absolute Gasteiger partial charge is 0.409 e. The molecule has 0 unspecified atom stereocenters. The van der Waals surface area contributed by atoms with E-state index in [4.69, 9.17) is 13.6 Å². The summed E-state index contributed by atoms with van der Waals surface area (Å²) in [5.41, 5.74) is 1.29. The third kappa shape index (κ3) is 9.02. The molecule has 0 amide bonds. The largest absolute Gasteiger partial charge is 0.530 e. The molecule has 3 aromatic rings. The Morgan fingerprint density at radius 1 is 0.548 bits per heavy atom. The second-order valence-electron chi connectivity index (χ2n) is 7.64. The predicted molar refractivity (Wildman–Crippen MR) is 130 cm³/mol. The molecular formula is C27H33O3P. The van der Waals surface area contributed by atoms with Crippen molar-refractivity contribution in [1.29, 1.82) is 0 Å². The zero-order valence-corrected chi connectivity index (χ0v) is 19.3. The molecule has 0 bridgehead atoms. The molecule has 3 aromatic carbocycles. The standard InChI is InChI=1S/C27H33O3P/c1-2-3-4-5-6-7-10-16-24-17-15-22-27(23-24)30-31(28-25-18-11-8-12-19-25)29-26-20-13-9-14-21-26/h8-9,11-15,17-23H,2-7,10,16H2,1H3. The lowest BCUT2D eigenvalue weighted by atomic mass is 10.0. The predicted octanol–water partition coefficient (Wildman–Crippen LogP) is 8.74. The van der Waals surface area contributed by atoms with Crippen molar-refractivity contribution < 1.29 is 13.6 Å². The number of para-hydroxylation sites is 2. The van der Waals surface area contributed by atoms with Crippen LogP contribution in [0.1, 0.15) is 57.4 Å². The van der Waals surface area contributed by atoms with Gasteiger partial charge in [-0.3, -0.25) is 0 Å². The second-order valence-corrected chi connectivity index (χ2v) is 8.64. The van der Waals surface area contributed by atoms with E-state index >= 15 is 0 Å². The molecule has 0 saturated heterocycles. The summed E-state index contributed by atoms with van der Waals surface area (Å²) in [5, 5.41) is 0. The van der Waals surface area contributed by atoms with Crippen LogP contribution in [0.3, 0.4) is 0 Å². The number of rotatable bonds is 14. The average molecular weight is 437 g/mol. The van der Waals surface area contributed by atoms with E-state index in [-0.39, 0.29) is 0 Å².